The molecule has 1 atom stereocenters. The van der Waals surface area contributed by atoms with Gasteiger partial charge >= 0.3 is 5.97 Å². The summed E-state index contributed by atoms with van der Waals surface area (Å²) in [6, 6.07) is 10.6. The molecule has 4 heteroatoms. The molecule has 112 valence electrons. The number of carbonyl (C=O) groups excluding carboxylic acids is 1. The molecule has 1 aromatic carbocycles. The van der Waals surface area contributed by atoms with Gasteiger partial charge < -0.3 is 4.74 Å². The van der Waals surface area contributed by atoms with E-state index in [4.69, 9.17) is 4.74 Å². The van der Waals surface area contributed by atoms with Gasteiger partial charge in [0.15, 0.2) is 0 Å². The Balaban J connectivity index is 1.75. The molecule has 1 unspecified atom stereocenters. The first kappa shape index (κ1) is 14.5. The van der Waals surface area contributed by atoms with Gasteiger partial charge in [-0.25, -0.2) is 0 Å². The minimum Gasteiger partial charge on any atom is -0.465 e. The molecule has 0 saturated carbocycles. The zero-order valence-corrected chi connectivity index (χ0v) is 13.2. The molecule has 2 aromatic rings. The third-order valence-electron chi connectivity index (χ3n) is 4.01. The minimum atomic E-state index is -0.0658. The molecular formula is C17H21NO2S. The second-order valence-corrected chi connectivity index (χ2v) is 6.65. The van der Waals surface area contributed by atoms with Gasteiger partial charge in [-0.3, -0.25) is 9.69 Å². The van der Waals surface area contributed by atoms with Gasteiger partial charge in [0.1, 0.15) is 6.04 Å². The van der Waals surface area contributed by atoms with Crippen molar-refractivity contribution in [3.63, 3.8) is 0 Å². The number of carbonyl (C=O) groups is 1. The maximum absolute atomic E-state index is 12.1. The topological polar surface area (TPSA) is 29.5 Å². The molecule has 1 aromatic heterocycles. The molecule has 1 aliphatic rings. The van der Waals surface area contributed by atoms with E-state index in [0.29, 0.717) is 6.61 Å². The van der Waals surface area contributed by atoms with Crippen molar-refractivity contribution in [3.8, 4) is 0 Å². The number of benzene rings is 1. The molecule has 1 fully saturated rings. The van der Waals surface area contributed by atoms with Gasteiger partial charge in [-0.2, -0.15) is 0 Å². The number of ether oxygens (including phenoxy) is 1. The summed E-state index contributed by atoms with van der Waals surface area (Å²) in [7, 11) is 0. The maximum atomic E-state index is 12.1. The zero-order chi connectivity index (χ0) is 14.7. The van der Waals surface area contributed by atoms with E-state index in [9.17, 15) is 4.79 Å². The van der Waals surface area contributed by atoms with E-state index in [0.717, 1.165) is 25.9 Å². The van der Waals surface area contributed by atoms with Crippen molar-refractivity contribution in [2.24, 2.45) is 0 Å². The number of fused-ring (bicyclic) bond motifs is 1. The van der Waals surface area contributed by atoms with Crippen LogP contribution in [0, 0.1) is 0 Å². The smallest absolute Gasteiger partial charge is 0.323 e. The summed E-state index contributed by atoms with van der Waals surface area (Å²) in [6.45, 7) is 4.17. The Morgan fingerprint density at radius 3 is 3.05 bits per heavy atom. The van der Waals surface area contributed by atoms with Crippen LogP contribution >= 0.6 is 11.3 Å². The molecule has 1 aliphatic heterocycles. The Labute approximate surface area is 129 Å². The summed E-state index contributed by atoms with van der Waals surface area (Å²) in [4.78, 5) is 15.7. The lowest BCUT2D eigenvalue weighted by atomic mass is 10.0. The lowest BCUT2D eigenvalue weighted by Crippen LogP contribution is -2.44. The summed E-state index contributed by atoms with van der Waals surface area (Å²) in [6.07, 6.45) is 3.21. The highest BCUT2D eigenvalue weighted by Gasteiger charge is 2.29. The van der Waals surface area contributed by atoms with Crippen LogP contribution in [0.2, 0.25) is 0 Å². The Morgan fingerprint density at radius 1 is 1.38 bits per heavy atom. The molecule has 0 spiro atoms. The molecule has 0 N–H and O–H groups in total. The van der Waals surface area contributed by atoms with Crippen molar-refractivity contribution in [3.05, 3.63) is 35.2 Å². The highest BCUT2D eigenvalue weighted by Crippen LogP contribution is 2.28. The van der Waals surface area contributed by atoms with Gasteiger partial charge in [-0.05, 0) is 43.8 Å². The monoisotopic (exact) mass is 303 g/mol. The fourth-order valence-electron chi connectivity index (χ4n) is 3.00. The van der Waals surface area contributed by atoms with Crippen LogP contribution in [0.1, 0.15) is 31.1 Å². The summed E-state index contributed by atoms with van der Waals surface area (Å²) in [5.41, 5.74) is 0. The third-order valence-corrected chi connectivity index (χ3v) is 5.11. The highest BCUT2D eigenvalue weighted by atomic mass is 32.1. The Kier molecular flexibility index (Phi) is 4.56. The Bertz CT molecular complexity index is 589. The molecule has 0 radical (unpaired) electrons. The number of thiophene rings is 1. The van der Waals surface area contributed by atoms with Crippen LogP contribution in [-0.4, -0.2) is 30.1 Å². The average molecular weight is 303 g/mol. The average Bonchev–Trinajstić information content (AvgIpc) is 2.90. The molecule has 0 bridgehead atoms. The first-order valence-electron chi connectivity index (χ1n) is 7.66. The standard InChI is InChI=1S/C17H21NO2S/c1-2-20-17(19)15-8-5-6-10-18(15)12-14-11-13-7-3-4-9-16(13)21-14/h3-4,7,9,11,15H,2,5-6,8,10,12H2,1H3. The normalized spacial score (nSPS) is 19.8. The molecule has 2 heterocycles. The van der Waals surface area contributed by atoms with Crippen LogP contribution in [0.25, 0.3) is 10.1 Å². The van der Waals surface area contributed by atoms with Crippen molar-refractivity contribution >= 4 is 27.4 Å². The van der Waals surface area contributed by atoms with Crippen LogP contribution in [-0.2, 0) is 16.1 Å². The van der Waals surface area contributed by atoms with Crippen molar-refractivity contribution in [1.29, 1.82) is 0 Å². The lowest BCUT2D eigenvalue weighted by Gasteiger charge is -2.33. The zero-order valence-electron chi connectivity index (χ0n) is 12.4. The van der Waals surface area contributed by atoms with Crippen LogP contribution in [0.3, 0.4) is 0 Å². The fraction of sp³-hybridized carbons (Fsp3) is 0.471. The molecular weight excluding hydrogens is 282 g/mol. The SMILES string of the molecule is CCOC(=O)C1CCCCN1Cc1cc2ccccc2s1. The number of piperidine rings is 1. The maximum Gasteiger partial charge on any atom is 0.323 e. The van der Waals surface area contributed by atoms with E-state index in [1.54, 1.807) is 0 Å². The summed E-state index contributed by atoms with van der Waals surface area (Å²) in [5.74, 6) is -0.0571. The molecule has 1 saturated heterocycles. The predicted molar refractivity (Wildman–Crippen MR) is 86.5 cm³/mol. The van der Waals surface area contributed by atoms with E-state index < -0.39 is 0 Å². The van der Waals surface area contributed by atoms with E-state index in [1.807, 2.05) is 18.3 Å². The van der Waals surface area contributed by atoms with Crippen LogP contribution < -0.4 is 0 Å². The molecule has 0 amide bonds. The van der Waals surface area contributed by atoms with Crippen molar-refractivity contribution in [1.82, 2.24) is 4.90 Å². The highest BCUT2D eigenvalue weighted by molar-refractivity contribution is 7.19. The number of hydrogen-bond donors (Lipinski definition) is 0. The number of likely N-dealkylation sites (tertiary alicyclic amines) is 1. The van der Waals surface area contributed by atoms with Gasteiger partial charge in [0.05, 0.1) is 6.61 Å². The molecule has 3 rings (SSSR count). The van der Waals surface area contributed by atoms with Crippen LogP contribution in [0.4, 0.5) is 0 Å². The second-order valence-electron chi connectivity index (χ2n) is 5.48. The van der Waals surface area contributed by atoms with E-state index in [2.05, 4.69) is 35.2 Å². The first-order valence-corrected chi connectivity index (χ1v) is 8.47. The van der Waals surface area contributed by atoms with Gasteiger partial charge in [-0.15, -0.1) is 11.3 Å². The number of hydrogen-bond acceptors (Lipinski definition) is 4. The van der Waals surface area contributed by atoms with E-state index in [1.165, 1.54) is 21.4 Å². The molecule has 3 nitrogen and oxygen atoms in total. The van der Waals surface area contributed by atoms with Gasteiger partial charge in [0.2, 0.25) is 0 Å². The summed E-state index contributed by atoms with van der Waals surface area (Å²) < 4.78 is 6.55. The van der Waals surface area contributed by atoms with E-state index >= 15 is 0 Å². The Morgan fingerprint density at radius 2 is 2.24 bits per heavy atom. The molecule has 21 heavy (non-hydrogen) atoms. The van der Waals surface area contributed by atoms with Crippen molar-refractivity contribution in [2.45, 2.75) is 38.8 Å². The first-order chi connectivity index (χ1) is 10.3. The number of nitrogens with zero attached hydrogens (tertiary/aromatic N) is 1. The van der Waals surface area contributed by atoms with Gasteiger partial charge in [0, 0.05) is 16.1 Å². The Hall–Kier alpha value is -1.39. The van der Waals surface area contributed by atoms with Crippen LogP contribution in [0.15, 0.2) is 30.3 Å². The number of esters is 1. The second kappa shape index (κ2) is 6.58. The lowest BCUT2D eigenvalue weighted by molar-refractivity contribution is -0.151. The number of rotatable bonds is 4. The fourth-order valence-corrected chi connectivity index (χ4v) is 4.09. The quantitative estimate of drug-likeness (QED) is 0.804. The van der Waals surface area contributed by atoms with Gasteiger partial charge in [-0.1, -0.05) is 24.6 Å². The van der Waals surface area contributed by atoms with Crippen molar-refractivity contribution < 1.29 is 9.53 Å². The predicted octanol–water partition coefficient (Wildman–Crippen LogP) is 3.82. The third kappa shape index (κ3) is 3.27. The van der Waals surface area contributed by atoms with Gasteiger partial charge in [0.25, 0.3) is 0 Å². The molecule has 0 aliphatic carbocycles. The minimum absolute atomic E-state index is 0.0571. The van der Waals surface area contributed by atoms with E-state index in [-0.39, 0.29) is 12.0 Å². The van der Waals surface area contributed by atoms with Crippen molar-refractivity contribution in [2.75, 3.05) is 13.2 Å². The van der Waals surface area contributed by atoms with Crippen LogP contribution in [0.5, 0.6) is 0 Å². The summed E-state index contributed by atoms with van der Waals surface area (Å²) >= 11 is 1.82. The summed E-state index contributed by atoms with van der Waals surface area (Å²) in [5, 5.41) is 1.29. The largest absolute Gasteiger partial charge is 0.465 e.